The van der Waals surface area contributed by atoms with Gasteiger partial charge >= 0.3 is 12.1 Å². The number of ether oxygens (including phenoxy) is 5. The third-order valence-corrected chi connectivity index (χ3v) is 14.1. The number of hydrogen-bond acceptors (Lipinski definition) is 16. The number of nitrogens with one attached hydrogen (secondary N) is 6. The van der Waals surface area contributed by atoms with E-state index in [1.54, 1.807) is 57.2 Å². The van der Waals surface area contributed by atoms with Gasteiger partial charge in [0.2, 0.25) is 52.8 Å². The molecule has 83 heavy (non-hydrogen) atoms. The molecule has 2 aromatic carbocycles. The maximum atomic E-state index is 13.9. The molecule has 7 N–H and O–H groups in total. The van der Waals surface area contributed by atoms with Crippen LogP contribution < -0.4 is 36.6 Å². The van der Waals surface area contributed by atoms with Gasteiger partial charge in [-0.05, 0) is 69.2 Å². The van der Waals surface area contributed by atoms with Crippen molar-refractivity contribution in [1.29, 1.82) is 0 Å². The number of halogens is 4. The van der Waals surface area contributed by atoms with Crippen LogP contribution in [0.2, 0.25) is 0 Å². The molecular weight excluding hydrogens is 1100 g/mol. The van der Waals surface area contributed by atoms with Crippen LogP contribution in [0, 0.1) is 42.0 Å². The third kappa shape index (κ3) is 19.0. The number of carbonyl (C=O) groups excluding carboxylic acids is 7. The van der Waals surface area contributed by atoms with E-state index in [2.05, 4.69) is 59.8 Å². The van der Waals surface area contributed by atoms with Crippen LogP contribution in [0.1, 0.15) is 110 Å². The number of aliphatic hydroxyl groups excluding tert-OH is 1. The molecule has 0 aliphatic carbocycles. The molecule has 0 bridgehead atoms. The molecule has 452 valence electrons. The SMILES string of the molecule is CC(/C=C/[C@H]1O[C@H](CC(=O)NCCNC(=O)OCc2ccc(NC(=O)[C@H](C)NC(=O)[C@@H](NC(=O)CCC(=O)Oc3c(F)c(F)cc(F)c3F)C(C)C)cc2)C[C@@]2(CO2)[C@@H]1O)=C\C[C@@H]1O[C@H](C)[C@H](NC(=O)/C=C\[C@@H](C)c2noc(C)n2)C[C@@H]1C. The molecule has 6 amide bonds. The molecule has 3 saturated heterocycles. The molecule has 4 heterocycles. The number of carbonyl (C=O) groups is 7. The monoisotopic (exact) mass is 1170 g/mol. The van der Waals surface area contributed by atoms with E-state index < -0.39 is 114 Å². The Morgan fingerprint density at radius 2 is 1.58 bits per heavy atom. The van der Waals surface area contributed by atoms with Crippen molar-refractivity contribution in [2.24, 2.45) is 11.8 Å². The lowest BCUT2D eigenvalue weighted by Gasteiger charge is -2.39. The van der Waals surface area contributed by atoms with E-state index in [1.807, 2.05) is 26.8 Å². The Hall–Kier alpha value is -7.55. The van der Waals surface area contributed by atoms with Crippen LogP contribution in [0.25, 0.3) is 0 Å². The summed E-state index contributed by atoms with van der Waals surface area (Å²) in [4.78, 5) is 93.2. The first kappa shape index (κ1) is 64.6. The Balaban J connectivity index is 0.845. The van der Waals surface area contributed by atoms with Crippen LogP contribution in [0.5, 0.6) is 5.75 Å². The summed E-state index contributed by atoms with van der Waals surface area (Å²) in [6.45, 7) is 14.5. The minimum Gasteiger partial charge on any atom is -0.445 e. The maximum absolute atomic E-state index is 13.9. The number of hydrogen-bond donors (Lipinski definition) is 7. The Morgan fingerprint density at radius 1 is 0.892 bits per heavy atom. The van der Waals surface area contributed by atoms with Crippen molar-refractivity contribution in [3.8, 4) is 5.75 Å². The zero-order chi connectivity index (χ0) is 60.7. The first-order valence-corrected chi connectivity index (χ1v) is 27.3. The van der Waals surface area contributed by atoms with E-state index in [4.69, 9.17) is 23.5 Å². The second-order valence-electron chi connectivity index (χ2n) is 21.3. The van der Waals surface area contributed by atoms with Crippen LogP contribution in [-0.2, 0) is 54.3 Å². The summed E-state index contributed by atoms with van der Waals surface area (Å²) in [7, 11) is 0. The third-order valence-electron chi connectivity index (χ3n) is 14.1. The Labute approximate surface area is 477 Å². The van der Waals surface area contributed by atoms with Crippen molar-refractivity contribution < 1.29 is 84.4 Å². The van der Waals surface area contributed by atoms with E-state index >= 15 is 0 Å². The number of epoxide rings is 1. The summed E-state index contributed by atoms with van der Waals surface area (Å²) in [6, 6.07) is 3.74. The van der Waals surface area contributed by atoms with Gasteiger partial charge in [0.1, 0.15) is 36.5 Å². The van der Waals surface area contributed by atoms with Crippen LogP contribution in [-0.4, -0.2) is 131 Å². The zero-order valence-electron chi connectivity index (χ0n) is 47.4. The zero-order valence-corrected chi connectivity index (χ0v) is 47.4. The van der Waals surface area contributed by atoms with Gasteiger partial charge in [-0.3, -0.25) is 28.8 Å². The second-order valence-corrected chi connectivity index (χ2v) is 21.3. The first-order chi connectivity index (χ1) is 39.3. The first-order valence-electron chi connectivity index (χ1n) is 27.3. The molecule has 26 heteroatoms. The van der Waals surface area contributed by atoms with E-state index in [0.29, 0.717) is 42.4 Å². The highest BCUT2D eigenvalue weighted by Gasteiger charge is 2.58. The van der Waals surface area contributed by atoms with Gasteiger partial charge in [-0.1, -0.05) is 74.9 Å². The average molecular weight is 1170 g/mol. The van der Waals surface area contributed by atoms with Gasteiger partial charge in [0.25, 0.3) is 0 Å². The summed E-state index contributed by atoms with van der Waals surface area (Å²) < 4.78 is 87.6. The summed E-state index contributed by atoms with van der Waals surface area (Å²) >= 11 is 0. The number of amides is 6. The number of allylic oxidation sites excluding steroid dienone is 3. The van der Waals surface area contributed by atoms with E-state index in [0.717, 1.165) is 12.0 Å². The maximum Gasteiger partial charge on any atom is 0.407 e. The number of rotatable bonds is 25. The number of nitrogens with zero attached hydrogens (tertiary/aromatic N) is 2. The highest BCUT2D eigenvalue weighted by atomic mass is 19.2. The molecule has 3 aliphatic rings. The van der Waals surface area contributed by atoms with Gasteiger partial charge in [-0.25, -0.2) is 13.6 Å². The summed E-state index contributed by atoms with van der Waals surface area (Å²) in [5.74, 6) is -12.8. The number of aryl methyl sites for hydroxylation is 1. The minimum absolute atomic E-state index is 0.00874. The van der Waals surface area contributed by atoms with E-state index in [9.17, 15) is 56.2 Å². The predicted octanol–water partition coefficient (Wildman–Crippen LogP) is 5.47. The average Bonchev–Trinajstić information content (AvgIpc) is 2.23. The number of aromatic nitrogens is 2. The van der Waals surface area contributed by atoms with Crippen molar-refractivity contribution in [3.05, 3.63) is 107 Å². The molecule has 0 radical (unpaired) electrons. The highest BCUT2D eigenvalue weighted by Crippen LogP contribution is 2.43. The van der Waals surface area contributed by atoms with Crippen LogP contribution in [0.3, 0.4) is 0 Å². The number of benzene rings is 2. The van der Waals surface area contributed by atoms with Gasteiger partial charge in [0.05, 0.1) is 43.8 Å². The predicted molar refractivity (Wildman–Crippen MR) is 289 cm³/mol. The number of esters is 1. The molecule has 3 aliphatic heterocycles. The fourth-order valence-corrected chi connectivity index (χ4v) is 9.13. The van der Waals surface area contributed by atoms with Crippen molar-refractivity contribution >= 4 is 47.3 Å². The lowest BCUT2D eigenvalue weighted by molar-refractivity contribution is -0.145. The fourth-order valence-electron chi connectivity index (χ4n) is 9.13. The van der Waals surface area contributed by atoms with Gasteiger partial charge in [0, 0.05) is 50.5 Å². The van der Waals surface area contributed by atoms with Crippen LogP contribution in [0.15, 0.2) is 70.8 Å². The number of anilines is 1. The largest absolute Gasteiger partial charge is 0.445 e. The molecule has 11 atom stereocenters. The van der Waals surface area contributed by atoms with E-state index in [-0.39, 0.29) is 74.1 Å². The standard InChI is InChI=1S/C57H72F4N8O14/c1-29(2)50(68-45(71)19-20-47(73)82-51-48(60)39(58)25-40(59)49(51)61)55(76)64-33(6)54(75)66-37-14-12-36(13-15-37)27-78-56(77)63-22-21-62-46(72)24-38-26-57(28-79-57)52(74)43(81-38)17-10-30(3)9-16-42-32(5)23-41(34(7)80-42)67-44(70)18-11-31(4)53-65-35(8)83-69-53/h9-15,17-18,25,29,31-34,38,41-43,50,52,74H,16,19-24,26-28H2,1-8H3,(H,62,72)(H,63,77)(H,64,76)(H,66,75)(H,67,70)(H,68,71)/b17-10+,18-11-,30-9+/t31-,32+,33+,34-,38-,41-,42+,43-,50+,52-,57-/m1/s1. The molecule has 0 saturated carbocycles. The minimum atomic E-state index is -1.93. The van der Waals surface area contributed by atoms with Crippen molar-refractivity contribution in [1.82, 2.24) is 36.7 Å². The summed E-state index contributed by atoms with van der Waals surface area (Å²) in [6.07, 6.45) is 5.93. The second kappa shape index (κ2) is 29.6. The smallest absolute Gasteiger partial charge is 0.407 e. The molecule has 0 unspecified atom stereocenters. The molecule has 1 aromatic heterocycles. The molecule has 3 aromatic rings. The molecule has 1 spiro atoms. The summed E-state index contributed by atoms with van der Waals surface area (Å²) in [5.41, 5.74) is 1.02. The van der Waals surface area contributed by atoms with E-state index in [1.165, 1.54) is 13.0 Å². The molecule has 3 fully saturated rings. The van der Waals surface area contributed by atoms with Crippen molar-refractivity contribution in [2.45, 2.75) is 161 Å². The Kier molecular flexibility index (Phi) is 23.1. The van der Waals surface area contributed by atoms with Gasteiger partial charge < -0.3 is 65.2 Å². The van der Waals surface area contributed by atoms with Gasteiger partial charge in [-0.15, -0.1) is 0 Å². The van der Waals surface area contributed by atoms with Crippen molar-refractivity contribution in [2.75, 3.05) is 25.0 Å². The Bertz CT molecular complexity index is 2870. The Morgan fingerprint density at radius 3 is 2.23 bits per heavy atom. The lowest BCUT2D eigenvalue weighted by atomic mass is 9.87. The molecule has 22 nitrogen and oxygen atoms in total. The topological polar surface area (TPSA) is 300 Å². The number of aliphatic hydroxyl groups is 1. The van der Waals surface area contributed by atoms with Crippen molar-refractivity contribution in [3.63, 3.8) is 0 Å². The molecular formula is C57H72F4N8O14. The van der Waals surface area contributed by atoms with Crippen LogP contribution >= 0.6 is 0 Å². The molecule has 6 rings (SSSR count). The number of alkyl carbamates (subject to hydrolysis) is 1. The fraction of sp³-hybridized carbons (Fsp3) is 0.526. The normalized spacial score (nSPS) is 23.5. The van der Waals surface area contributed by atoms with Crippen LogP contribution in [0.4, 0.5) is 28.0 Å². The van der Waals surface area contributed by atoms with Gasteiger partial charge in [-0.2, -0.15) is 13.8 Å². The summed E-state index contributed by atoms with van der Waals surface area (Å²) in [5, 5.41) is 31.0. The highest BCUT2D eigenvalue weighted by molar-refractivity contribution is 5.98. The quantitative estimate of drug-likeness (QED) is 0.00808. The van der Waals surface area contributed by atoms with Gasteiger partial charge in [0.15, 0.2) is 17.5 Å². The lowest BCUT2D eigenvalue weighted by Crippen LogP contribution is -2.53.